The maximum atomic E-state index is 5.71. The van der Waals surface area contributed by atoms with Crippen LogP contribution in [0.1, 0.15) is 20.3 Å². The first-order chi connectivity index (χ1) is 8.10. The molecule has 0 fully saturated rings. The van der Waals surface area contributed by atoms with E-state index in [4.69, 9.17) is 10.2 Å². The summed E-state index contributed by atoms with van der Waals surface area (Å²) in [5, 5.41) is 0. The van der Waals surface area contributed by atoms with Crippen molar-refractivity contribution in [1.82, 2.24) is 4.98 Å². The van der Waals surface area contributed by atoms with E-state index in [1.807, 2.05) is 30.1 Å². The van der Waals surface area contributed by atoms with Gasteiger partial charge >= 0.3 is 0 Å². The van der Waals surface area contributed by atoms with Crippen molar-refractivity contribution in [2.24, 2.45) is 5.92 Å². The van der Waals surface area contributed by atoms with Gasteiger partial charge in [-0.05, 0) is 18.1 Å². The molecule has 0 saturated heterocycles. The lowest BCUT2D eigenvalue weighted by molar-refractivity contribution is 0.518. The highest BCUT2D eigenvalue weighted by Crippen LogP contribution is 2.23. The number of aromatic nitrogens is 1. The zero-order valence-corrected chi connectivity index (χ0v) is 10.6. The van der Waals surface area contributed by atoms with Crippen LogP contribution in [0.4, 0.5) is 11.7 Å². The molecule has 2 N–H and O–H groups in total. The number of benzene rings is 1. The Hall–Kier alpha value is -1.71. The van der Waals surface area contributed by atoms with E-state index in [9.17, 15) is 0 Å². The molecular formula is C13H19N3O. The molecule has 0 saturated carbocycles. The molecule has 0 spiro atoms. The molecular weight excluding hydrogens is 214 g/mol. The van der Waals surface area contributed by atoms with E-state index in [1.54, 1.807) is 0 Å². The third-order valence-corrected chi connectivity index (χ3v) is 3.01. The van der Waals surface area contributed by atoms with Gasteiger partial charge < -0.3 is 15.1 Å². The van der Waals surface area contributed by atoms with Gasteiger partial charge in [-0.1, -0.05) is 20.3 Å². The molecule has 4 nitrogen and oxygen atoms in total. The Kier molecular flexibility index (Phi) is 3.22. The average Bonchev–Trinajstić information content (AvgIpc) is 2.71. The van der Waals surface area contributed by atoms with E-state index >= 15 is 0 Å². The van der Waals surface area contributed by atoms with E-state index in [-0.39, 0.29) is 0 Å². The van der Waals surface area contributed by atoms with Crippen LogP contribution in [0, 0.1) is 5.92 Å². The summed E-state index contributed by atoms with van der Waals surface area (Å²) in [4.78, 5) is 6.49. The highest BCUT2D eigenvalue weighted by Gasteiger charge is 2.12. The Morgan fingerprint density at radius 1 is 1.47 bits per heavy atom. The fraction of sp³-hybridized carbons (Fsp3) is 0.462. The van der Waals surface area contributed by atoms with Crippen LogP contribution in [0.2, 0.25) is 0 Å². The maximum Gasteiger partial charge on any atom is 0.298 e. The predicted molar refractivity (Wildman–Crippen MR) is 71.1 cm³/mol. The second kappa shape index (κ2) is 4.65. The molecule has 2 rings (SSSR count). The van der Waals surface area contributed by atoms with Gasteiger partial charge in [0.15, 0.2) is 5.58 Å². The summed E-state index contributed by atoms with van der Waals surface area (Å²) < 4.78 is 5.69. The van der Waals surface area contributed by atoms with E-state index in [2.05, 4.69) is 18.8 Å². The molecule has 1 heterocycles. The molecule has 0 radical (unpaired) electrons. The van der Waals surface area contributed by atoms with E-state index in [0.717, 1.165) is 24.1 Å². The summed E-state index contributed by atoms with van der Waals surface area (Å²) in [5.74, 6) is 0.625. The number of hydrogen-bond acceptors (Lipinski definition) is 4. The molecule has 0 bridgehead atoms. The van der Waals surface area contributed by atoms with Crippen molar-refractivity contribution in [3.8, 4) is 0 Å². The number of nitrogen functional groups attached to an aromatic ring is 1. The molecule has 0 amide bonds. The lowest BCUT2D eigenvalue weighted by Crippen LogP contribution is -2.23. The van der Waals surface area contributed by atoms with Crippen molar-refractivity contribution in [3.05, 3.63) is 18.2 Å². The van der Waals surface area contributed by atoms with Crippen molar-refractivity contribution in [2.75, 3.05) is 24.2 Å². The number of fused-ring (bicyclic) bond motifs is 1. The summed E-state index contributed by atoms with van der Waals surface area (Å²) in [6, 6.07) is 6.19. The predicted octanol–water partition coefficient (Wildman–Crippen LogP) is 2.89. The fourth-order valence-electron chi connectivity index (χ4n) is 1.77. The third-order valence-electron chi connectivity index (χ3n) is 3.01. The van der Waals surface area contributed by atoms with Crippen molar-refractivity contribution in [3.63, 3.8) is 0 Å². The second-order valence-corrected chi connectivity index (χ2v) is 4.62. The van der Waals surface area contributed by atoms with Crippen LogP contribution in [-0.4, -0.2) is 18.6 Å². The van der Waals surface area contributed by atoms with Crippen LogP contribution in [0.3, 0.4) is 0 Å². The highest BCUT2D eigenvalue weighted by molar-refractivity contribution is 5.78. The lowest BCUT2D eigenvalue weighted by Gasteiger charge is -2.18. The molecule has 1 atom stereocenters. The second-order valence-electron chi connectivity index (χ2n) is 4.62. The van der Waals surface area contributed by atoms with Gasteiger partial charge in [0.2, 0.25) is 0 Å². The quantitative estimate of drug-likeness (QED) is 0.825. The Balaban J connectivity index is 2.24. The first-order valence-electron chi connectivity index (χ1n) is 5.97. The normalized spacial score (nSPS) is 12.9. The molecule has 1 unspecified atom stereocenters. The summed E-state index contributed by atoms with van der Waals surface area (Å²) in [6.45, 7) is 5.35. The molecule has 0 aliphatic carbocycles. The average molecular weight is 233 g/mol. The van der Waals surface area contributed by atoms with E-state index in [1.165, 1.54) is 0 Å². The number of rotatable bonds is 4. The topological polar surface area (TPSA) is 55.3 Å². The SMILES string of the molecule is CCC(C)CN(C)c1nc2ccc(N)cc2o1. The summed E-state index contributed by atoms with van der Waals surface area (Å²) in [6.07, 6.45) is 1.15. The smallest absolute Gasteiger partial charge is 0.298 e. The third kappa shape index (κ3) is 2.52. The molecule has 92 valence electrons. The van der Waals surface area contributed by atoms with Gasteiger partial charge in [0, 0.05) is 25.3 Å². The summed E-state index contributed by atoms with van der Waals surface area (Å²) in [5.41, 5.74) is 8.01. The highest BCUT2D eigenvalue weighted by atomic mass is 16.4. The van der Waals surface area contributed by atoms with Crippen molar-refractivity contribution in [2.45, 2.75) is 20.3 Å². The number of hydrogen-bond donors (Lipinski definition) is 1. The molecule has 2 aromatic rings. The zero-order valence-electron chi connectivity index (χ0n) is 10.6. The Morgan fingerprint density at radius 3 is 2.94 bits per heavy atom. The van der Waals surface area contributed by atoms with E-state index in [0.29, 0.717) is 17.6 Å². The summed E-state index contributed by atoms with van der Waals surface area (Å²) >= 11 is 0. The number of oxazole rings is 1. The Labute approximate surface area is 101 Å². The minimum Gasteiger partial charge on any atom is -0.423 e. The van der Waals surface area contributed by atoms with Gasteiger partial charge in [-0.25, -0.2) is 0 Å². The van der Waals surface area contributed by atoms with Gasteiger partial charge in [0.1, 0.15) is 5.52 Å². The molecule has 17 heavy (non-hydrogen) atoms. The van der Waals surface area contributed by atoms with Crippen LogP contribution in [-0.2, 0) is 0 Å². The van der Waals surface area contributed by atoms with Crippen LogP contribution in [0.25, 0.3) is 11.1 Å². The first kappa shape index (κ1) is 11.8. The standard InChI is InChI=1S/C13H19N3O/c1-4-9(2)8-16(3)13-15-11-6-5-10(14)7-12(11)17-13/h5-7,9H,4,8,14H2,1-3H3. The van der Waals surface area contributed by atoms with Gasteiger partial charge in [-0.2, -0.15) is 4.98 Å². The number of nitrogens with zero attached hydrogens (tertiary/aromatic N) is 2. The molecule has 0 aliphatic rings. The largest absolute Gasteiger partial charge is 0.423 e. The van der Waals surface area contributed by atoms with Crippen LogP contribution >= 0.6 is 0 Å². The minimum atomic E-state index is 0.625. The monoisotopic (exact) mass is 233 g/mol. The zero-order chi connectivity index (χ0) is 12.4. The van der Waals surface area contributed by atoms with Crippen molar-refractivity contribution >= 4 is 22.8 Å². The van der Waals surface area contributed by atoms with E-state index < -0.39 is 0 Å². The van der Waals surface area contributed by atoms with Gasteiger partial charge in [0.25, 0.3) is 6.01 Å². The van der Waals surface area contributed by atoms with Crippen LogP contribution in [0.5, 0.6) is 0 Å². The van der Waals surface area contributed by atoms with Crippen LogP contribution in [0.15, 0.2) is 22.6 Å². The first-order valence-corrected chi connectivity index (χ1v) is 5.97. The van der Waals surface area contributed by atoms with Crippen molar-refractivity contribution < 1.29 is 4.42 Å². The number of anilines is 2. The van der Waals surface area contributed by atoms with Crippen LogP contribution < -0.4 is 10.6 Å². The molecule has 0 aliphatic heterocycles. The maximum absolute atomic E-state index is 5.71. The number of nitrogens with two attached hydrogens (primary N) is 1. The van der Waals surface area contributed by atoms with Crippen molar-refractivity contribution in [1.29, 1.82) is 0 Å². The minimum absolute atomic E-state index is 0.625. The molecule has 4 heteroatoms. The lowest BCUT2D eigenvalue weighted by atomic mass is 10.1. The Bertz CT molecular complexity index is 506. The fourth-order valence-corrected chi connectivity index (χ4v) is 1.77. The molecule has 1 aromatic heterocycles. The van der Waals surface area contributed by atoms with Gasteiger partial charge in [-0.3, -0.25) is 0 Å². The molecule has 1 aromatic carbocycles. The Morgan fingerprint density at radius 2 is 2.24 bits per heavy atom. The summed E-state index contributed by atoms with van der Waals surface area (Å²) in [7, 11) is 2.00. The van der Waals surface area contributed by atoms with Gasteiger partial charge in [0.05, 0.1) is 0 Å². The van der Waals surface area contributed by atoms with Gasteiger partial charge in [-0.15, -0.1) is 0 Å².